The van der Waals surface area contributed by atoms with Crippen molar-refractivity contribution < 1.29 is 19.1 Å². The standard InChI is InChI=1S/C20H20N4O4S/c1-3-15-19(29-24-23-15)20(26)22-14-8-6-7-13(11-14)21-18(25)12-28-17-10-5-4-9-16(17)27-2/h4-11H,3,12H2,1-2H3,(H,21,25)(H,22,26). The normalized spacial score (nSPS) is 10.3. The second kappa shape index (κ2) is 9.65. The lowest BCUT2D eigenvalue weighted by Gasteiger charge is -2.11. The molecule has 0 aliphatic heterocycles. The second-order valence-corrected chi connectivity index (χ2v) is 6.68. The summed E-state index contributed by atoms with van der Waals surface area (Å²) in [5.74, 6) is 0.421. The predicted molar refractivity (Wildman–Crippen MR) is 111 cm³/mol. The zero-order valence-electron chi connectivity index (χ0n) is 16.0. The van der Waals surface area contributed by atoms with Crippen LogP contribution in [0.3, 0.4) is 0 Å². The summed E-state index contributed by atoms with van der Waals surface area (Å²) in [5.41, 5.74) is 1.74. The molecule has 1 aromatic heterocycles. The Bertz CT molecular complexity index is 1010. The Morgan fingerprint density at radius 1 is 1.03 bits per heavy atom. The summed E-state index contributed by atoms with van der Waals surface area (Å²) in [6, 6.07) is 13.9. The lowest BCUT2D eigenvalue weighted by atomic mass is 10.2. The number of rotatable bonds is 8. The molecule has 29 heavy (non-hydrogen) atoms. The Morgan fingerprint density at radius 2 is 1.76 bits per heavy atom. The third-order valence-electron chi connectivity index (χ3n) is 3.93. The third-order valence-corrected chi connectivity index (χ3v) is 4.70. The van der Waals surface area contributed by atoms with Crippen LogP contribution in [0.1, 0.15) is 22.3 Å². The van der Waals surface area contributed by atoms with Crippen LogP contribution in [0.25, 0.3) is 0 Å². The van der Waals surface area contributed by atoms with Crippen LogP contribution in [0, 0.1) is 0 Å². The summed E-state index contributed by atoms with van der Waals surface area (Å²) in [7, 11) is 1.54. The Morgan fingerprint density at radius 3 is 2.48 bits per heavy atom. The number of carbonyl (C=O) groups excluding carboxylic acids is 2. The molecule has 0 aliphatic rings. The summed E-state index contributed by atoms with van der Waals surface area (Å²) in [6.07, 6.45) is 0.627. The average Bonchev–Trinajstić information content (AvgIpc) is 3.22. The zero-order chi connectivity index (χ0) is 20.6. The maximum atomic E-state index is 12.4. The molecule has 0 atom stereocenters. The molecule has 0 unspecified atom stereocenters. The van der Waals surface area contributed by atoms with Crippen molar-refractivity contribution in [3.8, 4) is 11.5 Å². The highest BCUT2D eigenvalue weighted by Gasteiger charge is 2.15. The van der Waals surface area contributed by atoms with E-state index in [1.807, 2.05) is 13.0 Å². The number of hydrogen-bond donors (Lipinski definition) is 2. The second-order valence-electron chi connectivity index (χ2n) is 5.92. The third kappa shape index (κ3) is 5.29. The Balaban J connectivity index is 1.59. The number of aryl methyl sites for hydroxylation is 1. The van der Waals surface area contributed by atoms with Crippen LogP contribution in [-0.4, -0.2) is 35.1 Å². The number of amides is 2. The van der Waals surface area contributed by atoms with Crippen LogP contribution in [0.4, 0.5) is 11.4 Å². The van der Waals surface area contributed by atoms with Gasteiger partial charge in [0, 0.05) is 11.4 Å². The Labute approximate surface area is 172 Å². The van der Waals surface area contributed by atoms with Crippen LogP contribution >= 0.6 is 11.5 Å². The molecule has 0 spiro atoms. The van der Waals surface area contributed by atoms with Crippen molar-refractivity contribution in [3.05, 3.63) is 59.1 Å². The van der Waals surface area contributed by atoms with Gasteiger partial charge in [-0.05, 0) is 48.3 Å². The monoisotopic (exact) mass is 412 g/mol. The quantitative estimate of drug-likeness (QED) is 0.588. The van der Waals surface area contributed by atoms with Gasteiger partial charge in [-0.2, -0.15) is 0 Å². The fraction of sp³-hybridized carbons (Fsp3) is 0.200. The molecule has 1 heterocycles. The van der Waals surface area contributed by atoms with Gasteiger partial charge in [0.2, 0.25) is 0 Å². The van der Waals surface area contributed by atoms with E-state index in [1.54, 1.807) is 42.5 Å². The fourth-order valence-corrected chi connectivity index (χ4v) is 3.20. The first kappa shape index (κ1) is 20.3. The van der Waals surface area contributed by atoms with E-state index in [4.69, 9.17) is 9.47 Å². The van der Waals surface area contributed by atoms with Gasteiger partial charge in [0.15, 0.2) is 18.1 Å². The molecule has 0 radical (unpaired) electrons. The van der Waals surface area contributed by atoms with Crippen molar-refractivity contribution in [2.75, 3.05) is 24.4 Å². The summed E-state index contributed by atoms with van der Waals surface area (Å²) < 4.78 is 14.5. The van der Waals surface area contributed by atoms with Gasteiger partial charge in [-0.3, -0.25) is 9.59 Å². The number of para-hydroxylation sites is 2. The number of nitrogens with zero attached hydrogens (tertiary/aromatic N) is 2. The first-order valence-corrected chi connectivity index (χ1v) is 9.66. The van der Waals surface area contributed by atoms with E-state index >= 15 is 0 Å². The number of anilines is 2. The first-order valence-electron chi connectivity index (χ1n) is 8.89. The molecule has 0 fully saturated rings. The highest BCUT2D eigenvalue weighted by atomic mass is 32.1. The molecule has 8 nitrogen and oxygen atoms in total. The molecular weight excluding hydrogens is 392 g/mol. The van der Waals surface area contributed by atoms with E-state index in [-0.39, 0.29) is 18.4 Å². The van der Waals surface area contributed by atoms with Crippen molar-refractivity contribution in [1.29, 1.82) is 0 Å². The topological polar surface area (TPSA) is 102 Å². The van der Waals surface area contributed by atoms with Crippen molar-refractivity contribution in [2.24, 2.45) is 0 Å². The molecular formula is C20H20N4O4S. The summed E-state index contributed by atoms with van der Waals surface area (Å²) in [6.45, 7) is 1.74. The molecule has 9 heteroatoms. The summed E-state index contributed by atoms with van der Waals surface area (Å²) in [4.78, 5) is 25.1. The number of ether oxygens (including phenoxy) is 2. The molecule has 3 rings (SSSR count). The van der Waals surface area contributed by atoms with Gasteiger partial charge >= 0.3 is 0 Å². The van der Waals surface area contributed by atoms with Crippen molar-refractivity contribution in [1.82, 2.24) is 9.59 Å². The lowest BCUT2D eigenvalue weighted by molar-refractivity contribution is -0.118. The van der Waals surface area contributed by atoms with E-state index in [9.17, 15) is 9.59 Å². The minimum Gasteiger partial charge on any atom is -0.493 e. The van der Waals surface area contributed by atoms with Gasteiger partial charge in [0.25, 0.3) is 11.8 Å². The molecule has 0 aliphatic carbocycles. The molecule has 2 N–H and O–H groups in total. The van der Waals surface area contributed by atoms with Crippen LogP contribution in [0.2, 0.25) is 0 Å². The predicted octanol–water partition coefficient (Wildman–Crippen LogP) is 3.38. The maximum absolute atomic E-state index is 12.4. The van der Waals surface area contributed by atoms with Crippen LogP contribution < -0.4 is 20.1 Å². The van der Waals surface area contributed by atoms with E-state index in [0.717, 1.165) is 11.5 Å². The molecule has 0 saturated carbocycles. The zero-order valence-corrected chi connectivity index (χ0v) is 16.8. The van der Waals surface area contributed by atoms with Crippen molar-refractivity contribution in [2.45, 2.75) is 13.3 Å². The summed E-state index contributed by atoms with van der Waals surface area (Å²) >= 11 is 1.05. The number of aromatic nitrogens is 2. The van der Waals surface area contributed by atoms with E-state index < -0.39 is 0 Å². The van der Waals surface area contributed by atoms with E-state index in [0.29, 0.717) is 39.9 Å². The molecule has 2 aromatic carbocycles. The fourth-order valence-electron chi connectivity index (χ4n) is 2.55. The van der Waals surface area contributed by atoms with Crippen LogP contribution in [0.5, 0.6) is 11.5 Å². The van der Waals surface area contributed by atoms with Gasteiger partial charge in [0.05, 0.1) is 12.8 Å². The lowest BCUT2D eigenvalue weighted by Crippen LogP contribution is -2.20. The minimum absolute atomic E-state index is 0.177. The molecule has 3 aromatic rings. The van der Waals surface area contributed by atoms with E-state index in [2.05, 4.69) is 20.2 Å². The highest BCUT2D eigenvalue weighted by molar-refractivity contribution is 7.08. The Hall–Kier alpha value is -3.46. The molecule has 2 amide bonds. The van der Waals surface area contributed by atoms with Crippen LogP contribution in [-0.2, 0) is 11.2 Å². The van der Waals surface area contributed by atoms with Gasteiger partial charge in [0.1, 0.15) is 4.88 Å². The average molecular weight is 412 g/mol. The van der Waals surface area contributed by atoms with Gasteiger partial charge < -0.3 is 20.1 Å². The SMILES string of the molecule is CCc1nnsc1C(=O)Nc1cccc(NC(=O)COc2ccccc2OC)c1. The Kier molecular flexibility index (Phi) is 6.75. The number of nitrogens with one attached hydrogen (secondary N) is 2. The smallest absolute Gasteiger partial charge is 0.269 e. The van der Waals surface area contributed by atoms with Gasteiger partial charge in [-0.25, -0.2) is 0 Å². The molecule has 150 valence electrons. The number of hydrogen-bond acceptors (Lipinski definition) is 7. The van der Waals surface area contributed by atoms with Gasteiger partial charge in [-0.15, -0.1) is 5.10 Å². The number of benzene rings is 2. The van der Waals surface area contributed by atoms with Crippen molar-refractivity contribution >= 4 is 34.7 Å². The van der Waals surface area contributed by atoms with Crippen LogP contribution in [0.15, 0.2) is 48.5 Å². The first-order chi connectivity index (χ1) is 14.1. The largest absolute Gasteiger partial charge is 0.493 e. The van der Waals surface area contributed by atoms with E-state index in [1.165, 1.54) is 7.11 Å². The highest BCUT2D eigenvalue weighted by Crippen LogP contribution is 2.25. The van der Waals surface area contributed by atoms with Gasteiger partial charge in [-0.1, -0.05) is 29.6 Å². The summed E-state index contributed by atoms with van der Waals surface area (Å²) in [5, 5.41) is 9.48. The maximum Gasteiger partial charge on any atom is 0.269 e. The molecule has 0 saturated heterocycles. The minimum atomic E-state index is -0.334. The number of carbonyl (C=O) groups is 2. The molecule has 0 bridgehead atoms. The van der Waals surface area contributed by atoms with Crippen molar-refractivity contribution in [3.63, 3.8) is 0 Å². The number of methoxy groups -OCH3 is 1.